The third kappa shape index (κ3) is 3.29. The third-order valence-electron chi connectivity index (χ3n) is 1.53. The lowest BCUT2D eigenvalue weighted by Crippen LogP contribution is -1.81. The molecule has 64 valence electrons. The van der Waals surface area contributed by atoms with Gasteiger partial charge >= 0.3 is 0 Å². The molecule has 0 bridgehead atoms. The Kier molecular flexibility index (Phi) is 4.20. The highest BCUT2D eigenvalue weighted by atomic mass is 35.5. The molecule has 0 nitrogen and oxygen atoms in total. The first-order chi connectivity index (χ1) is 5.83. The minimum Gasteiger partial charge on any atom is -0.121 e. The van der Waals surface area contributed by atoms with Crippen molar-refractivity contribution < 1.29 is 0 Å². The van der Waals surface area contributed by atoms with Gasteiger partial charge in [0.1, 0.15) is 0 Å². The third-order valence-corrected chi connectivity index (χ3v) is 2.24. The molecular formula is C10H10Cl2. The average Bonchev–Trinajstić information content (AvgIpc) is 2.16. The summed E-state index contributed by atoms with van der Waals surface area (Å²) in [7, 11) is 0. The van der Waals surface area contributed by atoms with Crippen molar-refractivity contribution >= 4 is 23.2 Å². The van der Waals surface area contributed by atoms with Crippen LogP contribution in [0.4, 0.5) is 0 Å². The van der Waals surface area contributed by atoms with Gasteiger partial charge in [-0.25, -0.2) is 0 Å². The van der Waals surface area contributed by atoms with Gasteiger partial charge in [0.2, 0.25) is 0 Å². The van der Waals surface area contributed by atoms with Gasteiger partial charge < -0.3 is 0 Å². The molecule has 0 saturated carbocycles. The molecule has 0 atom stereocenters. The summed E-state index contributed by atoms with van der Waals surface area (Å²) in [5.41, 5.74) is 1.25. The number of rotatable bonds is 3. The molecule has 0 saturated heterocycles. The van der Waals surface area contributed by atoms with Gasteiger partial charge in [-0.2, -0.15) is 0 Å². The van der Waals surface area contributed by atoms with Gasteiger partial charge in [-0.15, -0.1) is 11.6 Å². The number of halogens is 2. The molecule has 2 heteroatoms. The predicted molar refractivity (Wildman–Crippen MR) is 54.8 cm³/mol. The van der Waals surface area contributed by atoms with E-state index in [1.807, 2.05) is 24.3 Å². The highest BCUT2D eigenvalue weighted by Crippen LogP contribution is 2.07. The molecule has 0 aliphatic heterocycles. The molecule has 0 N–H and O–H groups in total. The van der Waals surface area contributed by atoms with Crippen molar-refractivity contribution in [3.05, 3.63) is 47.0 Å². The Morgan fingerprint density at radius 2 is 1.92 bits per heavy atom. The summed E-state index contributed by atoms with van der Waals surface area (Å²) in [5, 5.41) is 0.709. The second-order valence-corrected chi connectivity index (χ2v) is 3.23. The van der Waals surface area contributed by atoms with Crippen molar-refractivity contribution in [2.45, 2.75) is 6.42 Å². The largest absolute Gasteiger partial charge is 0.121 e. The van der Waals surface area contributed by atoms with Gasteiger partial charge in [0.05, 0.1) is 5.88 Å². The van der Waals surface area contributed by atoms with Gasteiger partial charge in [0.15, 0.2) is 0 Å². The van der Waals surface area contributed by atoms with Crippen LogP contribution in [0.5, 0.6) is 0 Å². The van der Waals surface area contributed by atoms with E-state index in [1.54, 1.807) is 0 Å². The van der Waals surface area contributed by atoms with Crippen molar-refractivity contribution in [1.29, 1.82) is 0 Å². The van der Waals surface area contributed by atoms with Gasteiger partial charge in [-0.3, -0.25) is 0 Å². The van der Waals surface area contributed by atoms with Crippen molar-refractivity contribution in [1.82, 2.24) is 0 Å². The second-order valence-electron chi connectivity index (χ2n) is 2.47. The van der Waals surface area contributed by atoms with E-state index in [0.29, 0.717) is 10.9 Å². The maximum atomic E-state index is 5.74. The minimum atomic E-state index is 0.397. The maximum absolute atomic E-state index is 5.74. The first-order valence-corrected chi connectivity index (χ1v) is 4.68. The summed E-state index contributed by atoms with van der Waals surface area (Å²) in [6, 6.07) is 10.1. The van der Waals surface area contributed by atoms with Gasteiger partial charge in [-0.1, -0.05) is 48.0 Å². The zero-order valence-corrected chi connectivity index (χ0v) is 8.15. The second kappa shape index (κ2) is 5.23. The van der Waals surface area contributed by atoms with Crippen LogP contribution in [-0.2, 0) is 6.42 Å². The molecule has 0 amide bonds. The van der Waals surface area contributed by atoms with Crippen LogP contribution in [0.2, 0.25) is 0 Å². The van der Waals surface area contributed by atoms with Crippen LogP contribution < -0.4 is 0 Å². The average molecular weight is 201 g/mol. The van der Waals surface area contributed by atoms with Crippen LogP contribution in [0.25, 0.3) is 0 Å². The molecule has 1 aromatic rings. The summed E-state index contributed by atoms with van der Waals surface area (Å²) in [4.78, 5) is 0. The zero-order valence-electron chi connectivity index (χ0n) is 6.63. The Morgan fingerprint density at radius 1 is 1.25 bits per heavy atom. The van der Waals surface area contributed by atoms with Crippen molar-refractivity contribution in [3.8, 4) is 0 Å². The smallest absolute Gasteiger partial charge is 0.0578 e. The van der Waals surface area contributed by atoms with Crippen molar-refractivity contribution in [2.24, 2.45) is 0 Å². The van der Waals surface area contributed by atoms with E-state index in [-0.39, 0.29) is 0 Å². The number of alkyl halides is 1. The van der Waals surface area contributed by atoms with Crippen LogP contribution in [-0.4, -0.2) is 5.88 Å². The highest BCUT2D eigenvalue weighted by molar-refractivity contribution is 6.35. The number of hydrogen-bond donors (Lipinski definition) is 0. The molecule has 0 fully saturated rings. The van der Waals surface area contributed by atoms with E-state index < -0.39 is 0 Å². The molecule has 0 unspecified atom stereocenters. The van der Waals surface area contributed by atoms with Gasteiger partial charge in [-0.05, 0) is 12.0 Å². The molecule has 0 aromatic heterocycles. The fourth-order valence-corrected chi connectivity index (χ4v) is 1.08. The molecule has 0 radical (unpaired) electrons. The molecule has 0 aliphatic rings. The Bertz CT molecular complexity index is 252. The fourth-order valence-electron chi connectivity index (χ4n) is 0.897. The van der Waals surface area contributed by atoms with Crippen LogP contribution in [0.1, 0.15) is 5.56 Å². The lowest BCUT2D eigenvalue weighted by Gasteiger charge is -1.95. The number of hydrogen-bond acceptors (Lipinski definition) is 0. The van der Waals surface area contributed by atoms with Gasteiger partial charge in [0, 0.05) is 5.03 Å². The van der Waals surface area contributed by atoms with E-state index in [1.165, 1.54) is 5.56 Å². The fraction of sp³-hybridized carbons (Fsp3) is 0.200. The van der Waals surface area contributed by atoms with Gasteiger partial charge in [0.25, 0.3) is 0 Å². The first kappa shape index (κ1) is 9.63. The molecule has 0 spiro atoms. The SMILES string of the molecule is ClC/C(Cl)=C/Cc1ccccc1. The first-order valence-electron chi connectivity index (χ1n) is 3.77. The summed E-state index contributed by atoms with van der Waals surface area (Å²) in [6.45, 7) is 0. The van der Waals surface area contributed by atoms with E-state index in [9.17, 15) is 0 Å². The van der Waals surface area contributed by atoms with Crippen molar-refractivity contribution in [2.75, 3.05) is 5.88 Å². The summed E-state index contributed by atoms with van der Waals surface area (Å²) in [6.07, 6.45) is 2.79. The van der Waals surface area contributed by atoms with E-state index in [0.717, 1.165) is 6.42 Å². The molecule has 1 rings (SSSR count). The lowest BCUT2D eigenvalue weighted by atomic mass is 10.1. The van der Waals surface area contributed by atoms with Crippen LogP contribution in [0.3, 0.4) is 0 Å². The molecule has 0 aliphatic carbocycles. The molecule has 12 heavy (non-hydrogen) atoms. The molecular weight excluding hydrogens is 191 g/mol. The summed E-state index contributed by atoms with van der Waals surface area (Å²) < 4.78 is 0. The molecule has 1 aromatic carbocycles. The predicted octanol–water partition coefficient (Wildman–Crippen LogP) is 3.59. The van der Waals surface area contributed by atoms with Crippen LogP contribution in [0, 0.1) is 0 Å². The lowest BCUT2D eigenvalue weighted by molar-refractivity contribution is 1.26. The monoisotopic (exact) mass is 200 g/mol. The molecule has 0 heterocycles. The summed E-state index contributed by atoms with van der Waals surface area (Å²) in [5.74, 6) is 0.397. The van der Waals surface area contributed by atoms with E-state index >= 15 is 0 Å². The standard InChI is InChI=1S/C10H10Cl2/c11-8-10(12)7-6-9-4-2-1-3-5-9/h1-5,7H,6,8H2/b10-7-. The Morgan fingerprint density at radius 3 is 2.50 bits per heavy atom. The van der Waals surface area contributed by atoms with Crippen molar-refractivity contribution in [3.63, 3.8) is 0 Å². The Balaban J connectivity index is 2.54. The Labute approximate surface area is 82.8 Å². The zero-order chi connectivity index (χ0) is 8.81. The normalized spacial score (nSPS) is 11.7. The Hall–Kier alpha value is -0.460. The quantitative estimate of drug-likeness (QED) is 0.655. The van der Waals surface area contributed by atoms with E-state index in [2.05, 4.69) is 12.1 Å². The summed E-state index contributed by atoms with van der Waals surface area (Å²) >= 11 is 11.3. The number of benzene rings is 1. The number of allylic oxidation sites excluding steroid dienone is 2. The highest BCUT2D eigenvalue weighted by Gasteiger charge is 1.90. The van der Waals surface area contributed by atoms with Crippen LogP contribution in [0.15, 0.2) is 41.4 Å². The van der Waals surface area contributed by atoms with Crippen LogP contribution >= 0.6 is 23.2 Å². The maximum Gasteiger partial charge on any atom is 0.0578 e. The van der Waals surface area contributed by atoms with E-state index in [4.69, 9.17) is 23.2 Å². The topological polar surface area (TPSA) is 0 Å². The minimum absolute atomic E-state index is 0.397.